The number of thiocarbonyl (C=S) groups is 1. The SMILES string of the molecule is Cc1cc(=O)n(Cc2cc(C(N)=S)ccc2F)c(C)n1. The van der Waals surface area contributed by atoms with Gasteiger partial charge in [-0.2, -0.15) is 0 Å². The number of hydrogen-bond acceptors (Lipinski definition) is 3. The fourth-order valence-corrected chi connectivity index (χ4v) is 2.10. The second kappa shape index (κ2) is 5.50. The molecule has 1 heterocycles. The van der Waals surface area contributed by atoms with Crippen molar-refractivity contribution in [3.63, 3.8) is 0 Å². The van der Waals surface area contributed by atoms with Crippen LogP contribution < -0.4 is 11.3 Å². The Morgan fingerprint density at radius 1 is 1.40 bits per heavy atom. The Labute approximate surface area is 121 Å². The molecule has 2 aromatic rings. The van der Waals surface area contributed by atoms with Crippen LogP contribution in [0, 0.1) is 19.7 Å². The molecule has 0 bridgehead atoms. The van der Waals surface area contributed by atoms with Gasteiger partial charge in [-0.15, -0.1) is 0 Å². The van der Waals surface area contributed by atoms with E-state index in [1.807, 2.05) is 0 Å². The van der Waals surface area contributed by atoms with E-state index in [4.69, 9.17) is 18.0 Å². The van der Waals surface area contributed by atoms with Gasteiger partial charge < -0.3 is 5.73 Å². The summed E-state index contributed by atoms with van der Waals surface area (Å²) in [7, 11) is 0. The molecule has 4 nitrogen and oxygen atoms in total. The molecule has 0 radical (unpaired) electrons. The van der Waals surface area contributed by atoms with E-state index in [1.165, 1.54) is 22.8 Å². The van der Waals surface area contributed by atoms with Crippen molar-refractivity contribution >= 4 is 17.2 Å². The van der Waals surface area contributed by atoms with Crippen molar-refractivity contribution in [1.29, 1.82) is 0 Å². The molecule has 0 spiro atoms. The van der Waals surface area contributed by atoms with Crippen LogP contribution in [-0.4, -0.2) is 14.5 Å². The fraction of sp³-hybridized carbons (Fsp3) is 0.214. The molecule has 0 saturated carbocycles. The lowest BCUT2D eigenvalue weighted by Crippen LogP contribution is -2.24. The van der Waals surface area contributed by atoms with Crippen LogP contribution in [0.15, 0.2) is 29.1 Å². The molecule has 1 aromatic carbocycles. The summed E-state index contributed by atoms with van der Waals surface area (Å²) in [5.41, 5.74) is 6.89. The van der Waals surface area contributed by atoms with Crippen molar-refractivity contribution in [2.75, 3.05) is 0 Å². The molecule has 2 rings (SSSR count). The van der Waals surface area contributed by atoms with E-state index in [2.05, 4.69) is 4.98 Å². The molecule has 0 amide bonds. The average Bonchev–Trinajstić information content (AvgIpc) is 2.35. The second-order valence-electron chi connectivity index (χ2n) is 4.54. The highest BCUT2D eigenvalue weighted by molar-refractivity contribution is 7.80. The lowest BCUT2D eigenvalue weighted by Gasteiger charge is -2.11. The van der Waals surface area contributed by atoms with Gasteiger partial charge in [-0.05, 0) is 32.0 Å². The third kappa shape index (κ3) is 2.91. The van der Waals surface area contributed by atoms with Gasteiger partial charge in [0.05, 0.1) is 6.54 Å². The molecule has 20 heavy (non-hydrogen) atoms. The van der Waals surface area contributed by atoms with Crippen molar-refractivity contribution in [1.82, 2.24) is 9.55 Å². The molecule has 0 saturated heterocycles. The molecular weight excluding hydrogens is 277 g/mol. The van der Waals surface area contributed by atoms with Crippen LogP contribution in [0.3, 0.4) is 0 Å². The maximum absolute atomic E-state index is 13.8. The molecular formula is C14H14FN3OS. The number of hydrogen-bond donors (Lipinski definition) is 1. The third-order valence-corrected chi connectivity index (χ3v) is 3.22. The number of rotatable bonds is 3. The van der Waals surface area contributed by atoms with Crippen LogP contribution in [0.25, 0.3) is 0 Å². The van der Waals surface area contributed by atoms with Gasteiger partial charge in [-0.25, -0.2) is 9.37 Å². The van der Waals surface area contributed by atoms with Crippen molar-refractivity contribution in [3.8, 4) is 0 Å². The molecule has 0 fully saturated rings. The number of nitrogens with zero attached hydrogens (tertiary/aromatic N) is 2. The van der Waals surface area contributed by atoms with Gasteiger partial charge >= 0.3 is 0 Å². The highest BCUT2D eigenvalue weighted by Crippen LogP contribution is 2.12. The van der Waals surface area contributed by atoms with Gasteiger partial charge in [0.25, 0.3) is 5.56 Å². The Bertz CT molecular complexity index is 740. The minimum atomic E-state index is -0.406. The number of nitrogens with two attached hydrogens (primary N) is 1. The summed E-state index contributed by atoms with van der Waals surface area (Å²) in [6.45, 7) is 3.55. The molecule has 0 atom stereocenters. The Balaban J connectivity index is 2.47. The van der Waals surface area contributed by atoms with Gasteiger partial charge in [0.1, 0.15) is 16.6 Å². The van der Waals surface area contributed by atoms with Gasteiger partial charge in [0.2, 0.25) is 0 Å². The lowest BCUT2D eigenvalue weighted by molar-refractivity contribution is 0.589. The van der Waals surface area contributed by atoms with Crippen molar-refractivity contribution in [2.45, 2.75) is 20.4 Å². The van der Waals surface area contributed by atoms with E-state index in [9.17, 15) is 9.18 Å². The number of aryl methyl sites for hydroxylation is 2. The van der Waals surface area contributed by atoms with Crippen molar-refractivity contribution < 1.29 is 4.39 Å². The Hall–Kier alpha value is -2.08. The number of halogens is 1. The molecule has 0 unspecified atom stereocenters. The first-order chi connectivity index (χ1) is 9.38. The fourth-order valence-electron chi connectivity index (χ4n) is 1.98. The Kier molecular flexibility index (Phi) is 3.94. The van der Waals surface area contributed by atoms with E-state index in [0.29, 0.717) is 22.6 Å². The first-order valence-corrected chi connectivity index (χ1v) is 6.42. The largest absolute Gasteiger partial charge is 0.389 e. The van der Waals surface area contributed by atoms with Crippen molar-refractivity contribution in [3.05, 3.63) is 63.1 Å². The van der Waals surface area contributed by atoms with Gasteiger partial charge in [0, 0.05) is 22.9 Å². The maximum atomic E-state index is 13.8. The minimum Gasteiger partial charge on any atom is -0.389 e. The van der Waals surface area contributed by atoms with E-state index in [-0.39, 0.29) is 17.1 Å². The average molecular weight is 291 g/mol. The van der Waals surface area contributed by atoms with Gasteiger partial charge in [-0.1, -0.05) is 12.2 Å². The molecule has 0 aliphatic rings. The molecule has 6 heteroatoms. The van der Waals surface area contributed by atoms with Crippen LogP contribution in [0.4, 0.5) is 4.39 Å². The third-order valence-electron chi connectivity index (χ3n) is 2.99. The van der Waals surface area contributed by atoms with Crippen LogP contribution in [0.1, 0.15) is 22.6 Å². The highest BCUT2D eigenvalue weighted by atomic mass is 32.1. The quantitative estimate of drug-likeness (QED) is 0.874. The zero-order valence-electron chi connectivity index (χ0n) is 11.2. The highest BCUT2D eigenvalue weighted by Gasteiger charge is 2.09. The van der Waals surface area contributed by atoms with Crippen LogP contribution in [-0.2, 0) is 6.54 Å². The van der Waals surface area contributed by atoms with E-state index in [0.717, 1.165) is 0 Å². The summed E-state index contributed by atoms with van der Waals surface area (Å²) in [6, 6.07) is 5.79. The predicted molar refractivity (Wildman–Crippen MR) is 79.4 cm³/mol. The van der Waals surface area contributed by atoms with Gasteiger partial charge in [0.15, 0.2) is 0 Å². The zero-order chi connectivity index (χ0) is 14.9. The Morgan fingerprint density at radius 3 is 2.70 bits per heavy atom. The first-order valence-electron chi connectivity index (χ1n) is 6.02. The van der Waals surface area contributed by atoms with Crippen LogP contribution in [0.2, 0.25) is 0 Å². The first kappa shape index (κ1) is 14.3. The van der Waals surface area contributed by atoms with E-state index >= 15 is 0 Å². The zero-order valence-corrected chi connectivity index (χ0v) is 12.0. The summed E-state index contributed by atoms with van der Waals surface area (Å²) in [6.07, 6.45) is 0. The van der Waals surface area contributed by atoms with E-state index < -0.39 is 5.82 Å². The van der Waals surface area contributed by atoms with Gasteiger partial charge in [-0.3, -0.25) is 9.36 Å². The summed E-state index contributed by atoms with van der Waals surface area (Å²) < 4.78 is 15.3. The smallest absolute Gasteiger partial charge is 0.254 e. The minimum absolute atomic E-state index is 0.0975. The summed E-state index contributed by atoms with van der Waals surface area (Å²) in [4.78, 5) is 16.3. The number of benzene rings is 1. The summed E-state index contributed by atoms with van der Waals surface area (Å²) >= 11 is 4.87. The molecule has 0 aliphatic carbocycles. The summed E-state index contributed by atoms with van der Waals surface area (Å²) in [5, 5.41) is 0. The van der Waals surface area contributed by atoms with Crippen LogP contribution >= 0.6 is 12.2 Å². The number of aromatic nitrogens is 2. The van der Waals surface area contributed by atoms with Crippen LogP contribution in [0.5, 0.6) is 0 Å². The monoisotopic (exact) mass is 291 g/mol. The summed E-state index contributed by atoms with van der Waals surface area (Å²) in [5.74, 6) is 0.131. The molecule has 2 N–H and O–H groups in total. The molecule has 0 aliphatic heterocycles. The Morgan fingerprint density at radius 2 is 2.10 bits per heavy atom. The molecule has 104 valence electrons. The molecule has 1 aromatic heterocycles. The van der Waals surface area contributed by atoms with E-state index in [1.54, 1.807) is 19.9 Å². The maximum Gasteiger partial charge on any atom is 0.254 e. The standard InChI is InChI=1S/C14H14FN3OS/c1-8-5-13(19)18(9(2)17-8)7-11-6-10(14(16)20)3-4-12(11)15/h3-6H,7H2,1-2H3,(H2,16,20). The predicted octanol–water partition coefficient (Wildman–Crippen LogP) is 1.68. The van der Waals surface area contributed by atoms with Crippen molar-refractivity contribution in [2.24, 2.45) is 5.73 Å². The second-order valence-corrected chi connectivity index (χ2v) is 4.98. The normalized spacial score (nSPS) is 10.6. The lowest BCUT2D eigenvalue weighted by atomic mass is 10.1. The topological polar surface area (TPSA) is 60.9 Å².